The third kappa shape index (κ3) is 3.35. The molecule has 0 spiro atoms. The number of ether oxygens (including phenoxy) is 1. The highest BCUT2D eigenvalue weighted by molar-refractivity contribution is 5.96. The lowest BCUT2D eigenvalue weighted by atomic mass is 9.96. The molecule has 1 unspecified atom stereocenters. The average molecular weight is 405 g/mol. The molecule has 4 heteroatoms. The van der Waals surface area contributed by atoms with E-state index < -0.39 is 0 Å². The number of hydrogen-bond acceptors (Lipinski definition) is 2. The maximum Gasteiger partial charge on any atom is 0.156 e. The first kappa shape index (κ1) is 20.4. The molecular weight excluding hydrogens is 375 g/mol. The summed E-state index contributed by atoms with van der Waals surface area (Å²) < 4.78 is 22.6. The van der Waals surface area contributed by atoms with Crippen LogP contribution in [-0.2, 0) is 17.7 Å². The maximum absolute atomic E-state index is 14.4. The van der Waals surface area contributed by atoms with E-state index in [0.29, 0.717) is 12.1 Å². The Hall–Kier alpha value is -2.85. The summed E-state index contributed by atoms with van der Waals surface area (Å²) in [5, 5.41) is 1.19. The van der Waals surface area contributed by atoms with Crippen LogP contribution in [0.2, 0.25) is 0 Å². The number of nitrogens with zero attached hydrogens (tertiary/aromatic N) is 2. The van der Waals surface area contributed by atoms with Crippen LogP contribution in [0.4, 0.5) is 4.39 Å². The minimum absolute atomic E-state index is 0.161. The van der Waals surface area contributed by atoms with E-state index >= 15 is 0 Å². The Balaban J connectivity index is 1.96. The molecule has 1 aromatic heterocycles. The molecule has 1 atom stereocenters. The fraction of sp³-hybridized carbons (Fsp3) is 0.308. The summed E-state index contributed by atoms with van der Waals surface area (Å²) in [5.41, 5.74) is 7.69. The van der Waals surface area contributed by atoms with Gasteiger partial charge in [-0.25, -0.2) is 4.39 Å². The molecule has 2 aromatic carbocycles. The zero-order valence-electron chi connectivity index (χ0n) is 18.4. The molecule has 156 valence electrons. The summed E-state index contributed by atoms with van der Waals surface area (Å²) in [5.74, 6) is -0.171. The van der Waals surface area contributed by atoms with Crippen molar-refractivity contribution in [1.29, 1.82) is 0 Å². The van der Waals surface area contributed by atoms with Gasteiger partial charge < -0.3 is 14.2 Å². The Kier molecular flexibility index (Phi) is 5.52. The molecule has 0 N–H and O–H groups in total. The van der Waals surface area contributed by atoms with Gasteiger partial charge in [0.1, 0.15) is 5.82 Å². The first-order valence-electron chi connectivity index (χ1n) is 10.5. The minimum atomic E-state index is -0.171. The van der Waals surface area contributed by atoms with E-state index in [1.54, 1.807) is 13.2 Å². The van der Waals surface area contributed by atoms with Crippen molar-refractivity contribution in [3.63, 3.8) is 0 Å². The topological polar surface area (TPSA) is 17.4 Å². The van der Waals surface area contributed by atoms with E-state index in [1.165, 1.54) is 22.6 Å². The van der Waals surface area contributed by atoms with Gasteiger partial charge in [-0.05, 0) is 50.1 Å². The van der Waals surface area contributed by atoms with Gasteiger partial charge in [0.2, 0.25) is 0 Å². The van der Waals surface area contributed by atoms with Crippen LogP contribution in [-0.4, -0.2) is 29.9 Å². The maximum atomic E-state index is 14.4. The van der Waals surface area contributed by atoms with Crippen molar-refractivity contribution in [3.05, 3.63) is 88.5 Å². The highest BCUT2D eigenvalue weighted by Crippen LogP contribution is 2.38. The molecule has 0 fully saturated rings. The Morgan fingerprint density at radius 3 is 2.53 bits per heavy atom. The van der Waals surface area contributed by atoms with E-state index in [0.717, 1.165) is 28.9 Å². The molecule has 2 heterocycles. The predicted molar refractivity (Wildman–Crippen MR) is 122 cm³/mol. The smallest absolute Gasteiger partial charge is 0.156 e. The van der Waals surface area contributed by atoms with Crippen molar-refractivity contribution in [2.75, 3.05) is 14.2 Å². The van der Waals surface area contributed by atoms with Crippen molar-refractivity contribution in [2.45, 2.75) is 40.0 Å². The van der Waals surface area contributed by atoms with Gasteiger partial charge in [0.25, 0.3) is 0 Å². The molecule has 0 aliphatic carbocycles. The van der Waals surface area contributed by atoms with Crippen LogP contribution >= 0.6 is 0 Å². The Morgan fingerprint density at radius 1 is 1.07 bits per heavy atom. The number of aromatic nitrogens is 1. The lowest BCUT2D eigenvalue weighted by molar-refractivity contribution is 0.0452. The second-order valence-electron chi connectivity index (χ2n) is 7.97. The molecule has 0 amide bonds. The monoisotopic (exact) mass is 404 g/mol. The fourth-order valence-corrected chi connectivity index (χ4v) is 4.41. The van der Waals surface area contributed by atoms with Crippen LogP contribution in [0.3, 0.4) is 0 Å². The van der Waals surface area contributed by atoms with Gasteiger partial charge in [0.15, 0.2) is 6.23 Å². The van der Waals surface area contributed by atoms with E-state index in [2.05, 4.69) is 67.6 Å². The lowest BCUT2D eigenvalue weighted by Gasteiger charge is -2.34. The minimum Gasteiger partial charge on any atom is -0.357 e. The number of fused-ring (bicyclic) bond motifs is 1. The zero-order chi connectivity index (χ0) is 21.4. The summed E-state index contributed by atoms with van der Waals surface area (Å²) in [6.45, 7) is 6.88. The summed E-state index contributed by atoms with van der Waals surface area (Å²) in [4.78, 5) is 2.15. The molecule has 0 saturated heterocycles. The van der Waals surface area contributed by atoms with Gasteiger partial charge in [-0.3, -0.25) is 0 Å². The Bertz CT molecular complexity index is 1160. The van der Waals surface area contributed by atoms with Gasteiger partial charge in [-0.2, -0.15) is 0 Å². The predicted octanol–water partition coefficient (Wildman–Crippen LogP) is 5.90. The third-order valence-electron chi connectivity index (χ3n) is 6.27. The summed E-state index contributed by atoms with van der Waals surface area (Å²) in [6.07, 6.45) is 5.11. The lowest BCUT2D eigenvalue weighted by Crippen LogP contribution is -2.34. The van der Waals surface area contributed by atoms with Crippen LogP contribution in [0.15, 0.2) is 60.3 Å². The highest BCUT2D eigenvalue weighted by atomic mass is 19.1. The van der Waals surface area contributed by atoms with Crippen molar-refractivity contribution < 1.29 is 9.13 Å². The number of aryl methyl sites for hydroxylation is 1. The molecule has 1 aliphatic heterocycles. The largest absolute Gasteiger partial charge is 0.357 e. The summed E-state index contributed by atoms with van der Waals surface area (Å²) >= 11 is 0. The Labute approximate surface area is 178 Å². The molecule has 1 aliphatic rings. The number of halogens is 1. The van der Waals surface area contributed by atoms with E-state index in [4.69, 9.17) is 4.74 Å². The molecule has 3 aromatic rings. The van der Waals surface area contributed by atoms with Gasteiger partial charge in [0.05, 0.1) is 6.54 Å². The molecule has 0 bridgehead atoms. The van der Waals surface area contributed by atoms with Crippen molar-refractivity contribution in [2.24, 2.45) is 0 Å². The van der Waals surface area contributed by atoms with Crippen molar-refractivity contribution in [3.8, 4) is 0 Å². The van der Waals surface area contributed by atoms with Gasteiger partial charge in [-0.1, -0.05) is 37.3 Å². The summed E-state index contributed by atoms with van der Waals surface area (Å²) in [6, 6.07) is 13.6. The van der Waals surface area contributed by atoms with Gasteiger partial charge >= 0.3 is 0 Å². The van der Waals surface area contributed by atoms with Crippen LogP contribution in [0.25, 0.3) is 16.5 Å². The molecule has 30 heavy (non-hydrogen) atoms. The van der Waals surface area contributed by atoms with E-state index in [-0.39, 0.29) is 12.0 Å². The molecule has 0 saturated carbocycles. The van der Waals surface area contributed by atoms with E-state index in [9.17, 15) is 4.39 Å². The normalized spacial score (nSPS) is 16.7. The standard InChI is InChI=1S/C26H29FN2O/c1-6-19-12-14-24-22(15-19)25(21-13-11-17(2)28(4)26(21)30-5)18(3)29(24)16-20-9-7-8-10-23(20)27/h7-15,26H,6,16H2,1-5H3. The van der Waals surface area contributed by atoms with E-state index in [1.807, 2.05) is 12.1 Å². The first-order chi connectivity index (χ1) is 14.5. The van der Waals surface area contributed by atoms with Crippen molar-refractivity contribution >= 4 is 16.5 Å². The van der Waals surface area contributed by atoms with Crippen molar-refractivity contribution in [1.82, 2.24) is 9.47 Å². The first-order valence-corrected chi connectivity index (χ1v) is 10.5. The second-order valence-corrected chi connectivity index (χ2v) is 7.97. The van der Waals surface area contributed by atoms with Crippen LogP contribution in [0, 0.1) is 12.7 Å². The van der Waals surface area contributed by atoms with Gasteiger partial charge in [-0.15, -0.1) is 0 Å². The van der Waals surface area contributed by atoms with Crippen LogP contribution in [0.1, 0.15) is 36.2 Å². The number of benzene rings is 2. The average Bonchev–Trinajstić information content (AvgIpc) is 3.02. The molecule has 0 radical (unpaired) electrons. The molecule has 4 rings (SSSR count). The number of likely N-dealkylation sites (N-methyl/N-ethyl adjacent to an activating group) is 1. The SMILES string of the molecule is CCc1ccc2c(c1)c(C1=CC=C(C)N(C)C1OC)c(C)n2Cc1ccccc1F. The fourth-order valence-electron chi connectivity index (χ4n) is 4.41. The second kappa shape index (κ2) is 8.11. The Morgan fingerprint density at radius 2 is 1.83 bits per heavy atom. The number of rotatable bonds is 5. The molecule has 3 nitrogen and oxygen atoms in total. The number of hydrogen-bond donors (Lipinski definition) is 0. The quantitative estimate of drug-likeness (QED) is 0.526. The zero-order valence-corrected chi connectivity index (χ0v) is 18.4. The number of allylic oxidation sites excluding steroid dienone is 3. The highest BCUT2D eigenvalue weighted by Gasteiger charge is 2.28. The van der Waals surface area contributed by atoms with Gasteiger partial charge in [0, 0.05) is 53.2 Å². The van der Waals surface area contributed by atoms with Crippen LogP contribution < -0.4 is 0 Å². The summed E-state index contributed by atoms with van der Waals surface area (Å²) in [7, 11) is 3.80. The molecular formula is C26H29FN2O. The third-order valence-corrected chi connectivity index (χ3v) is 6.27. The number of methoxy groups -OCH3 is 1. The van der Waals surface area contributed by atoms with Crippen LogP contribution in [0.5, 0.6) is 0 Å².